The molecule has 1 rings (SSSR count). The highest BCUT2D eigenvalue weighted by Gasteiger charge is 2.06. The molecule has 0 heterocycles. The lowest BCUT2D eigenvalue weighted by Gasteiger charge is -2.16. The second-order valence-electron chi connectivity index (χ2n) is 3.98. The van der Waals surface area contributed by atoms with Crippen molar-refractivity contribution in [3.05, 3.63) is 34.9 Å². The van der Waals surface area contributed by atoms with Crippen molar-refractivity contribution in [2.75, 3.05) is 13.2 Å². The molecule has 0 aliphatic rings. The van der Waals surface area contributed by atoms with E-state index in [1.165, 1.54) is 5.56 Å². The third kappa shape index (κ3) is 4.94. The summed E-state index contributed by atoms with van der Waals surface area (Å²) in [5.74, 6) is 0. The van der Waals surface area contributed by atoms with Crippen LogP contribution in [-0.2, 0) is 6.42 Å². The van der Waals surface area contributed by atoms with Gasteiger partial charge in [0.15, 0.2) is 0 Å². The number of hydrogen-bond acceptors (Lipinski definition) is 3. The first-order valence-electron chi connectivity index (χ1n) is 5.38. The molecule has 0 radical (unpaired) electrons. The molecule has 0 fully saturated rings. The lowest BCUT2D eigenvalue weighted by molar-refractivity contribution is 0.0924. The summed E-state index contributed by atoms with van der Waals surface area (Å²) in [6, 6.07) is 7.96. The molecule has 0 saturated heterocycles. The Morgan fingerprint density at radius 1 is 1.31 bits per heavy atom. The molecule has 90 valence electrons. The van der Waals surface area contributed by atoms with E-state index in [9.17, 15) is 5.11 Å². The molecule has 1 aromatic carbocycles. The number of hydrogen-bond donors (Lipinski definition) is 3. The van der Waals surface area contributed by atoms with Crippen molar-refractivity contribution in [2.45, 2.75) is 25.5 Å². The van der Waals surface area contributed by atoms with Gasteiger partial charge in [0.05, 0.1) is 12.7 Å². The Morgan fingerprint density at radius 2 is 1.94 bits per heavy atom. The molecule has 16 heavy (non-hydrogen) atoms. The molecular formula is C12H18ClNO2. The second-order valence-corrected chi connectivity index (χ2v) is 4.41. The van der Waals surface area contributed by atoms with Crippen LogP contribution in [0.1, 0.15) is 12.5 Å². The first-order valence-corrected chi connectivity index (χ1v) is 5.76. The van der Waals surface area contributed by atoms with Gasteiger partial charge >= 0.3 is 0 Å². The van der Waals surface area contributed by atoms with Crippen molar-refractivity contribution >= 4 is 11.6 Å². The number of aliphatic hydroxyl groups excluding tert-OH is 2. The monoisotopic (exact) mass is 243 g/mol. The summed E-state index contributed by atoms with van der Waals surface area (Å²) in [6.07, 6.45) is 0.183. The minimum atomic E-state index is -0.687. The average Bonchev–Trinajstić information content (AvgIpc) is 2.29. The van der Waals surface area contributed by atoms with Crippen molar-refractivity contribution in [1.82, 2.24) is 5.32 Å². The van der Waals surface area contributed by atoms with E-state index in [-0.39, 0.29) is 12.6 Å². The van der Waals surface area contributed by atoms with E-state index in [0.29, 0.717) is 6.54 Å². The highest BCUT2D eigenvalue weighted by Crippen LogP contribution is 2.10. The highest BCUT2D eigenvalue weighted by molar-refractivity contribution is 6.30. The highest BCUT2D eigenvalue weighted by atomic mass is 35.5. The topological polar surface area (TPSA) is 52.5 Å². The van der Waals surface area contributed by atoms with Crippen LogP contribution in [0.15, 0.2) is 24.3 Å². The summed E-state index contributed by atoms with van der Waals surface area (Å²) in [5.41, 5.74) is 1.20. The molecule has 0 aliphatic heterocycles. The van der Waals surface area contributed by atoms with Gasteiger partial charge in [0, 0.05) is 17.6 Å². The smallest absolute Gasteiger partial charge is 0.0895 e. The van der Waals surface area contributed by atoms with E-state index >= 15 is 0 Å². The molecule has 0 spiro atoms. The molecule has 2 atom stereocenters. The molecule has 0 aromatic heterocycles. The van der Waals surface area contributed by atoms with Gasteiger partial charge in [-0.3, -0.25) is 0 Å². The Morgan fingerprint density at radius 3 is 2.50 bits per heavy atom. The summed E-state index contributed by atoms with van der Waals surface area (Å²) < 4.78 is 0. The molecule has 0 bridgehead atoms. The van der Waals surface area contributed by atoms with E-state index in [2.05, 4.69) is 5.32 Å². The molecule has 0 amide bonds. The largest absolute Gasteiger partial charge is 0.394 e. The van der Waals surface area contributed by atoms with Crippen LogP contribution in [0.2, 0.25) is 5.02 Å². The zero-order valence-electron chi connectivity index (χ0n) is 9.36. The fraction of sp³-hybridized carbons (Fsp3) is 0.500. The lowest BCUT2D eigenvalue weighted by atomic mass is 10.1. The minimum absolute atomic E-state index is 0.208. The van der Waals surface area contributed by atoms with Crippen molar-refractivity contribution in [1.29, 1.82) is 0 Å². The standard InChI is InChI=1S/C12H18ClNO2/c1-9(14-7-12(16)8-15)6-10-2-4-11(13)5-3-10/h2-5,9,12,14-16H,6-8H2,1H3. The van der Waals surface area contributed by atoms with Gasteiger partial charge in [-0.05, 0) is 31.0 Å². The summed E-state index contributed by atoms with van der Waals surface area (Å²) in [4.78, 5) is 0. The number of rotatable bonds is 6. The summed E-state index contributed by atoms with van der Waals surface area (Å²) in [5, 5.41) is 21.7. The van der Waals surface area contributed by atoms with Gasteiger partial charge in [-0.1, -0.05) is 23.7 Å². The third-order valence-electron chi connectivity index (χ3n) is 2.37. The van der Waals surface area contributed by atoms with Crippen LogP contribution in [0.4, 0.5) is 0 Å². The van der Waals surface area contributed by atoms with E-state index in [1.54, 1.807) is 0 Å². The van der Waals surface area contributed by atoms with Gasteiger partial charge in [-0.25, -0.2) is 0 Å². The van der Waals surface area contributed by atoms with Gasteiger partial charge < -0.3 is 15.5 Å². The molecule has 3 nitrogen and oxygen atoms in total. The van der Waals surface area contributed by atoms with Gasteiger partial charge in [0.2, 0.25) is 0 Å². The van der Waals surface area contributed by atoms with E-state index < -0.39 is 6.10 Å². The van der Waals surface area contributed by atoms with Gasteiger partial charge in [-0.2, -0.15) is 0 Å². The zero-order valence-corrected chi connectivity index (χ0v) is 10.1. The Balaban J connectivity index is 2.33. The van der Waals surface area contributed by atoms with Crippen molar-refractivity contribution in [3.63, 3.8) is 0 Å². The van der Waals surface area contributed by atoms with Crippen molar-refractivity contribution in [3.8, 4) is 0 Å². The van der Waals surface area contributed by atoms with Crippen molar-refractivity contribution in [2.24, 2.45) is 0 Å². The van der Waals surface area contributed by atoms with E-state index in [1.807, 2.05) is 31.2 Å². The summed E-state index contributed by atoms with van der Waals surface area (Å²) in [6.45, 7) is 2.24. The maximum absolute atomic E-state index is 9.18. The zero-order chi connectivity index (χ0) is 12.0. The summed E-state index contributed by atoms with van der Waals surface area (Å²) >= 11 is 5.79. The van der Waals surface area contributed by atoms with Crippen LogP contribution in [0.3, 0.4) is 0 Å². The van der Waals surface area contributed by atoms with E-state index in [4.69, 9.17) is 16.7 Å². The number of nitrogens with one attached hydrogen (secondary N) is 1. The first-order chi connectivity index (χ1) is 7.61. The Bertz CT molecular complexity index is 302. The third-order valence-corrected chi connectivity index (χ3v) is 2.62. The normalized spacial score (nSPS) is 14.8. The van der Waals surface area contributed by atoms with Gasteiger partial charge in [0.1, 0.15) is 0 Å². The number of benzene rings is 1. The maximum atomic E-state index is 9.18. The predicted octanol–water partition coefficient (Wildman–Crippen LogP) is 1.21. The van der Waals surface area contributed by atoms with Crippen LogP contribution in [-0.4, -0.2) is 35.5 Å². The van der Waals surface area contributed by atoms with Gasteiger partial charge in [0.25, 0.3) is 0 Å². The van der Waals surface area contributed by atoms with Crippen LogP contribution in [0, 0.1) is 0 Å². The fourth-order valence-electron chi connectivity index (χ4n) is 1.45. The molecule has 0 aliphatic carbocycles. The first kappa shape index (κ1) is 13.5. The average molecular weight is 244 g/mol. The lowest BCUT2D eigenvalue weighted by Crippen LogP contribution is -2.36. The number of halogens is 1. The minimum Gasteiger partial charge on any atom is -0.394 e. The molecule has 4 heteroatoms. The van der Waals surface area contributed by atoms with Crippen molar-refractivity contribution < 1.29 is 10.2 Å². The Labute approximate surface area is 101 Å². The van der Waals surface area contributed by atoms with Crippen LogP contribution in [0.25, 0.3) is 0 Å². The summed E-state index contributed by atoms with van der Waals surface area (Å²) in [7, 11) is 0. The van der Waals surface area contributed by atoms with Crippen LogP contribution in [0.5, 0.6) is 0 Å². The SMILES string of the molecule is CC(Cc1ccc(Cl)cc1)NCC(O)CO. The Hall–Kier alpha value is -0.610. The molecule has 1 aromatic rings. The fourth-order valence-corrected chi connectivity index (χ4v) is 1.57. The predicted molar refractivity (Wildman–Crippen MR) is 65.7 cm³/mol. The van der Waals surface area contributed by atoms with Gasteiger partial charge in [-0.15, -0.1) is 0 Å². The Kier molecular flexibility index (Phi) is 5.77. The molecule has 2 unspecified atom stereocenters. The van der Waals surface area contributed by atoms with E-state index in [0.717, 1.165) is 11.4 Å². The second kappa shape index (κ2) is 6.86. The molecule has 3 N–H and O–H groups in total. The van der Waals surface area contributed by atoms with Crippen LogP contribution >= 0.6 is 11.6 Å². The maximum Gasteiger partial charge on any atom is 0.0895 e. The molecule has 0 saturated carbocycles. The number of aliphatic hydroxyl groups is 2. The molecular weight excluding hydrogens is 226 g/mol. The quantitative estimate of drug-likeness (QED) is 0.704. The van der Waals surface area contributed by atoms with Crippen LogP contribution < -0.4 is 5.32 Å².